The van der Waals surface area contributed by atoms with Crippen LogP contribution in [-0.4, -0.2) is 13.0 Å². The Balaban J connectivity index is 2.96. The van der Waals surface area contributed by atoms with Crippen LogP contribution in [0, 0.1) is 12.3 Å². The second-order valence-corrected chi connectivity index (χ2v) is 3.40. The van der Waals surface area contributed by atoms with Crippen molar-refractivity contribution in [1.82, 2.24) is 0 Å². The maximum absolute atomic E-state index is 11.1. The van der Waals surface area contributed by atoms with Gasteiger partial charge < -0.3 is 4.90 Å². The molecule has 0 fully saturated rings. The number of rotatable bonds is 1. The van der Waals surface area contributed by atoms with Crippen molar-refractivity contribution in [1.29, 1.82) is 0 Å². The summed E-state index contributed by atoms with van der Waals surface area (Å²) in [5.74, 6) is 1.71. The lowest BCUT2D eigenvalue weighted by atomic mass is 10.3. The third-order valence-electron chi connectivity index (χ3n) is 1.62. The number of hydrogen-bond acceptors (Lipinski definition) is 1. The molecule has 0 saturated heterocycles. The Morgan fingerprint density at radius 3 is 2.85 bits per heavy atom. The summed E-state index contributed by atoms with van der Waals surface area (Å²) in [6.45, 7) is 0. The first-order valence-electron chi connectivity index (χ1n) is 3.65. The van der Waals surface area contributed by atoms with E-state index >= 15 is 0 Å². The van der Waals surface area contributed by atoms with Gasteiger partial charge in [0.15, 0.2) is 0 Å². The summed E-state index contributed by atoms with van der Waals surface area (Å²) >= 11 is 3.31. The van der Waals surface area contributed by atoms with E-state index in [1.54, 1.807) is 7.05 Å². The molecule has 0 N–H and O–H groups in total. The van der Waals surface area contributed by atoms with Gasteiger partial charge in [-0.3, -0.25) is 4.79 Å². The molecule has 0 bridgehead atoms. The number of anilines is 1. The lowest BCUT2D eigenvalue weighted by Gasteiger charge is -2.13. The quantitative estimate of drug-likeness (QED) is 0.685. The monoisotopic (exact) mass is 237 g/mol. The first-order valence-corrected chi connectivity index (χ1v) is 4.44. The Hall–Kier alpha value is -1.27. The zero-order chi connectivity index (χ0) is 9.84. The Morgan fingerprint density at radius 2 is 2.31 bits per heavy atom. The highest BCUT2D eigenvalue weighted by molar-refractivity contribution is 9.10. The van der Waals surface area contributed by atoms with Crippen molar-refractivity contribution in [3.8, 4) is 12.3 Å². The molecule has 13 heavy (non-hydrogen) atoms. The second-order valence-electron chi connectivity index (χ2n) is 2.49. The lowest BCUT2D eigenvalue weighted by Crippen LogP contribution is -2.24. The van der Waals surface area contributed by atoms with Crippen LogP contribution in [0.5, 0.6) is 0 Å². The fourth-order valence-corrected chi connectivity index (χ4v) is 1.29. The van der Waals surface area contributed by atoms with Crippen LogP contribution in [0.4, 0.5) is 5.69 Å². The highest BCUT2D eigenvalue weighted by atomic mass is 79.9. The molecule has 0 aromatic heterocycles. The van der Waals surface area contributed by atoms with Crippen molar-refractivity contribution in [2.24, 2.45) is 0 Å². The van der Waals surface area contributed by atoms with Crippen LogP contribution < -0.4 is 4.90 Å². The van der Waals surface area contributed by atoms with E-state index in [1.165, 1.54) is 4.90 Å². The molecule has 0 saturated carbocycles. The number of nitrogens with zero attached hydrogens (tertiary/aromatic N) is 1. The minimum atomic E-state index is -0.349. The van der Waals surface area contributed by atoms with Crippen molar-refractivity contribution in [2.45, 2.75) is 0 Å². The average molecular weight is 238 g/mol. The molecule has 0 atom stereocenters. The van der Waals surface area contributed by atoms with E-state index in [0.717, 1.165) is 10.2 Å². The van der Waals surface area contributed by atoms with Gasteiger partial charge in [-0.2, -0.15) is 0 Å². The van der Waals surface area contributed by atoms with Crippen molar-refractivity contribution < 1.29 is 4.79 Å². The molecule has 66 valence electrons. The molecule has 0 aliphatic rings. The predicted octanol–water partition coefficient (Wildman–Crippen LogP) is 2.05. The van der Waals surface area contributed by atoms with E-state index in [1.807, 2.05) is 24.3 Å². The van der Waals surface area contributed by atoms with Crippen LogP contribution in [0.3, 0.4) is 0 Å². The number of benzene rings is 1. The van der Waals surface area contributed by atoms with Gasteiger partial charge >= 0.3 is 5.91 Å². The number of amides is 1. The van der Waals surface area contributed by atoms with Crippen LogP contribution in [0.25, 0.3) is 0 Å². The SMILES string of the molecule is C#CC(=O)N(C)c1cccc(Br)c1. The van der Waals surface area contributed by atoms with Gasteiger partial charge in [-0.1, -0.05) is 22.0 Å². The molecule has 0 aliphatic carbocycles. The minimum absolute atomic E-state index is 0.349. The molecule has 0 heterocycles. The van der Waals surface area contributed by atoms with Gasteiger partial charge in [-0.25, -0.2) is 0 Å². The molecule has 1 rings (SSSR count). The fraction of sp³-hybridized carbons (Fsp3) is 0.100. The summed E-state index contributed by atoms with van der Waals surface area (Å²) in [5, 5.41) is 0. The van der Waals surface area contributed by atoms with E-state index in [2.05, 4.69) is 21.9 Å². The van der Waals surface area contributed by atoms with Gasteiger partial charge in [0.1, 0.15) is 0 Å². The molecule has 0 radical (unpaired) electrons. The minimum Gasteiger partial charge on any atom is -0.305 e. The van der Waals surface area contributed by atoms with Crippen LogP contribution in [0.15, 0.2) is 28.7 Å². The van der Waals surface area contributed by atoms with E-state index < -0.39 is 0 Å². The van der Waals surface area contributed by atoms with Crippen molar-refractivity contribution in [3.63, 3.8) is 0 Å². The van der Waals surface area contributed by atoms with Crippen LogP contribution in [-0.2, 0) is 4.79 Å². The molecule has 0 unspecified atom stereocenters. The third-order valence-corrected chi connectivity index (χ3v) is 2.12. The molecule has 1 aromatic carbocycles. The summed E-state index contributed by atoms with van der Waals surface area (Å²) in [6, 6.07) is 7.38. The Bertz CT molecular complexity index is 367. The predicted molar refractivity (Wildman–Crippen MR) is 56.4 cm³/mol. The molecule has 0 spiro atoms. The third kappa shape index (κ3) is 2.33. The highest BCUT2D eigenvalue weighted by Crippen LogP contribution is 2.18. The molecule has 0 aliphatic heterocycles. The maximum atomic E-state index is 11.1. The number of carbonyl (C=O) groups is 1. The van der Waals surface area contributed by atoms with Gasteiger partial charge in [0.05, 0.1) is 0 Å². The summed E-state index contributed by atoms with van der Waals surface area (Å²) < 4.78 is 0.918. The van der Waals surface area contributed by atoms with Crippen molar-refractivity contribution in [3.05, 3.63) is 28.7 Å². The van der Waals surface area contributed by atoms with Crippen molar-refractivity contribution in [2.75, 3.05) is 11.9 Å². The first-order chi connectivity index (χ1) is 6.15. The van der Waals surface area contributed by atoms with E-state index in [0.29, 0.717) is 0 Å². The van der Waals surface area contributed by atoms with Gasteiger partial charge in [-0.05, 0) is 24.1 Å². The number of halogens is 1. The number of terminal acetylenes is 1. The summed E-state index contributed by atoms with van der Waals surface area (Å²) in [6.07, 6.45) is 5.00. The topological polar surface area (TPSA) is 20.3 Å². The lowest BCUT2D eigenvalue weighted by molar-refractivity contribution is -0.113. The molecule has 2 nitrogen and oxygen atoms in total. The van der Waals surface area contributed by atoms with Gasteiger partial charge in [0, 0.05) is 17.2 Å². The normalized spacial score (nSPS) is 9.00. The smallest absolute Gasteiger partial charge is 0.302 e. The fourth-order valence-electron chi connectivity index (χ4n) is 0.899. The molecule has 1 aromatic rings. The molecule has 1 amide bonds. The number of hydrogen-bond donors (Lipinski definition) is 0. The maximum Gasteiger partial charge on any atom is 0.302 e. The van der Waals surface area contributed by atoms with E-state index in [4.69, 9.17) is 6.42 Å². The Labute approximate surface area is 85.7 Å². The average Bonchev–Trinajstić information content (AvgIpc) is 2.15. The summed E-state index contributed by atoms with van der Waals surface area (Å²) in [5.41, 5.74) is 0.775. The zero-order valence-corrected chi connectivity index (χ0v) is 8.71. The zero-order valence-electron chi connectivity index (χ0n) is 7.12. The summed E-state index contributed by atoms with van der Waals surface area (Å²) in [7, 11) is 1.64. The Kier molecular flexibility index (Phi) is 3.10. The van der Waals surface area contributed by atoms with Crippen LogP contribution in [0.2, 0.25) is 0 Å². The largest absolute Gasteiger partial charge is 0.305 e. The van der Waals surface area contributed by atoms with Gasteiger partial charge in [0.2, 0.25) is 0 Å². The second kappa shape index (κ2) is 4.11. The first kappa shape index (κ1) is 9.82. The Morgan fingerprint density at radius 1 is 1.62 bits per heavy atom. The summed E-state index contributed by atoms with van der Waals surface area (Å²) in [4.78, 5) is 12.5. The van der Waals surface area contributed by atoms with Gasteiger partial charge in [-0.15, -0.1) is 6.42 Å². The standard InChI is InChI=1S/C10H8BrNO/c1-3-10(13)12(2)9-6-4-5-8(11)7-9/h1,4-7H,2H3. The molecular weight excluding hydrogens is 230 g/mol. The van der Waals surface area contributed by atoms with E-state index in [9.17, 15) is 4.79 Å². The van der Waals surface area contributed by atoms with E-state index in [-0.39, 0.29) is 5.91 Å². The van der Waals surface area contributed by atoms with Gasteiger partial charge in [0.25, 0.3) is 0 Å². The molecular formula is C10H8BrNO. The highest BCUT2D eigenvalue weighted by Gasteiger charge is 2.06. The van der Waals surface area contributed by atoms with Crippen molar-refractivity contribution >= 4 is 27.5 Å². The van der Waals surface area contributed by atoms with Crippen LogP contribution >= 0.6 is 15.9 Å². The number of carbonyl (C=O) groups excluding carboxylic acids is 1. The molecule has 3 heteroatoms. The van der Waals surface area contributed by atoms with Crippen LogP contribution in [0.1, 0.15) is 0 Å².